The van der Waals surface area contributed by atoms with E-state index in [-0.39, 0.29) is 31.4 Å². The maximum Gasteiger partial charge on any atom is 0.322 e. The van der Waals surface area contributed by atoms with Gasteiger partial charge >= 0.3 is 6.03 Å². The predicted octanol–water partition coefficient (Wildman–Crippen LogP) is 5.59. The number of benzene rings is 3. The van der Waals surface area contributed by atoms with Crippen molar-refractivity contribution in [2.75, 3.05) is 38.7 Å². The summed E-state index contributed by atoms with van der Waals surface area (Å²) in [6.45, 7) is 1.17. The smallest absolute Gasteiger partial charge is 0.322 e. The molecule has 7 nitrogen and oxygen atoms in total. The summed E-state index contributed by atoms with van der Waals surface area (Å²) in [7, 11) is 1.57. The summed E-state index contributed by atoms with van der Waals surface area (Å²) in [5, 5.41) is 3.76. The number of nitrogens with one attached hydrogen (secondary N) is 2. The lowest BCUT2D eigenvalue weighted by atomic mass is 10.1. The molecule has 2 N–H and O–H groups in total. The Morgan fingerprint density at radius 2 is 1.72 bits per heavy atom. The number of aromatic amines is 1. The van der Waals surface area contributed by atoms with Crippen LogP contribution in [0.15, 0.2) is 79.0 Å². The molecule has 204 valence electrons. The number of rotatable bonds is 12. The molecule has 0 spiro atoms. The predicted molar refractivity (Wildman–Crippen MR) is 147 cm³/mol. The minimum absolute atomic E-state index is 0.181. The molecule has 0 fully saturated rings. The molecule has 1 aromatic heterocycles. The number of para-hydroxylation sites is 1. The highest BCUT2D eigenvalue weighted by molar-refractivity contribution is 5.92. The maximum absolute atomic E-state index is 13.6. The third kappa shape index (κ3) is 7.87. The molecule has 0 aliphatic heterocycles. The molecule has 0 unspecified atom stereocenters. The van der Waals surface area contributed by atoms with Gasteiger partial charge in [-0.2, -0.15) is 0 Å². The molecule has 0 bridgehead atoms. The van der Waals surface area contributed by atoms with Crippen LogP contribution in [0.2, 0.25) is 0 Å². The molecular formula is C30H32F2N4O3. The van der Waals surface area contributed by atoms with Crippen LogP contribution in [-0.4, -0.2) is 60.1 Å². The quantitative estimate of drug-likeness (QED) is 0.233. The lowest BCUT2D eigenvalue weighted by Gasteiger charge is -2.28. The molecule has 0 radical (unpaired) electrons. The van der Waals surface area contributed by atoms with Gasteiger partial charge in [-0.05, 0) is 60.4 Å². The van der Waals surface area contributed by atoms with E-state index in [1.807, 2.05) is 30.5 Å². The number of urea groups is 1. The number of hydrogen-bond donors (Lipinski definition) is 2. The van der Waals surface area contributed by atoms with Gasteiger partial charge in [0.1, 0.15) is 18.2 Å². The molecule has 0 saturated carbocycles. The van der Waals surface area contributed by atoms with Crippen LogP contribution >= 0.6 is 0 Å². The zero-order valence-electron chi connectivity index (χ0n) is 21.8. The van der Waals surface area contributed by atoms with E-state index in [1.165, 1.54) is 35.2 Å². The topological polar surface area (TPSA) is 77.7 Å². The Bertz CT molecular complexity index is 1390. The summed E-state index contributed by atoms with van der Waals surface area (Å²) in [6.07, 6.45) is 3.05. The fourth-order valence-corrected chi connectivity index (χ4v) is 4.38. The Kier molecular flexibility index (Phi) is 9.64. The first-order valence-corrected chi connectivity index (χ1v) is 12.8. The van der Waals surface area contributed by atoms with Crippen molar-refractivity contribution in [1.29, 1.82) is 0 Å². The van der Waals surface area contributed by atoms with Gasteiger partial charge in [-0.3, -0.25) is 4.79 Å². The first-order chi connectivity index (χ1) is 18.9. The van der Waals surface area contributed by atoms with Crippen molar-refractivity contribution in [3.05, 3.63) is 102 Å². The molecule has 9 heteroatoms. The van der Waals surface area contributed by atoms with Gasteiger partial charge in [0, 0.05) is 56.1 Å². The van der Waals surface area contributed by atoms with Crippen molar-refractivity contribution < 1.29 is 23.1 Å². The Morgan fingerprint density at radius 1 is 0.923 bits per heavy atom. The highest BCUT2D eigenvalue weighted by Crippen LogP contribution is 2.19. The fraction of sp³-hybridized carbons (Fsp3) is 0.267. The van der Waals surface area contributed by atoms with Crippen LogP contribution < -0.4 is 5.32 Å². The van der Waals surface area contributed by atoms with Gasteiger partial charge < -0.3 is 24.8 Å². The number of aromatic nitrogens is 1. The molecule has 0 saturated heterocycles. The third-order valence-corrected chi connectivity index (χ3v) is 6.43. The van der Waals surface area contributed by atoms with Gasteiger partial charge in [-0.15, -0.1) is 0 Å². The number of carbonyl (C=O) groups excluding carboxylic acids is 2. The number of methoxy groups -OCH3 is 1. The molecule has 3 aromatic carbocycles. The van der Waals surface area contributed by atoms with Gasteiger partial charge in [0.2, 0.25) is 5.91 Å². The molecule has 3 amide bonds. The van der Waals surface area contributed by atoms with E-state index in [9.17, 15) is 18.4 Å². The van der Waals surface area contributed by atoms with Crippen molar-refractivity contribution in [2.45, 2.75) is 19.4 Å². The standard InChI is InChI=1S/C30H32F2N4O3/c1-39-17-5-15-36(30(38)34-26-7-4-6-25(32)18-26)21-29(37)35(20-22-10-12-24(31)13-11-22)16-14-23-19-33-28-9-3-2-8-27(23)28/h2-4,6-13,18-19,33H,5,14-17,20-21H2,1H3,(H,34,38). The van der Waals surface area contributed by atoms with Crippen LogP contribution in [0.5, 0.6) is 0 Å². The highest BCUT2D eigenvalue weighted by Gasteiger charge is 2.22. The number of ether oxygens (including phenoxy) is 1. The second-order valence-electron chi connectivity index (χ2n) is 9.26. The number of anilines is 1. The zero-order chi connectivity index (χ0) is 27.6. The van der Waals surface area contributed by atoms with Crippen LogP contribution in [-0.2, 0) is 22.5 Å². The van der Waals surface area contributed by atoms with Crippen LogP contribution in [0.3, 0.4) is 0 Å². The minimum atomic E-state index is -0.511. The molecule has 0 atom stereocenters. The maximum atomic E-state index is 13.6. The van der Waals surface area contributed by atoms with E-state index in [4.69, 9.17) is 4.74 Å². The van der Waals surface area contributed by atoms with Crippen molar-refractivity contribution in [3.8, 4) is 0 Å². The first-order valence-electron chi connectivity index (χ1n) is 12.8. The molecule has 1 heterocycles. The Labute approximate surface area is 226 Å². The number of halogens is 2. The van der Waals surface area contributed by atoms with Crippen LogP contribution in [0.1, 0.15) is 17.5 Å². The second-order valence-corrected chi connectivity index (χ2v) is 9.26. The summed E-state index contributed by atoms with van der Waals surface area (Å²) in [5.41, 5.74) is 3.16. The SMILES string of the molecule is COCCCN(CC(=O)N(CCc1c[nH]c2ccccc12)Cc1ccc(F)cc1)C(=O)Nc1cccc(F)c1. The van der Waals surface area contributed by atoms with E-state index in [0.29, 0.717) is 31.7 Å². The summed E-state index contributed by atoms with van der Waals surface area (Å²) < 4.78 is 32.3. The number of nitrogens with zero attached hydrogens (tertiary/aromatic N) is 2. The molecule has 39 heavy (non-hydrogen) atoms. The summed E-state index contributed by atoms with van der Waals surface area (Å²) in [5.74, 6) is -1.09. The van der Waals surface area contributed by atoms with Gasteiger partial charge in [-0.25, -0.2) is 13.6 Å². The molecule has 4 aromatic rings. The van der Waals surface area contributed by atoms with Crippen molar-refractivity contribution >= 4 is 28.5 Å². The number of hydrogen-bond acceptors (Lipinski definition) is 3. The van der Waals surface area contributed by atoms with Crippen LogP contribution in [0, 0.1) is 11.6 Å². The lowest BCUT2D eigenvalue weighted by Crippen LogP contribution is -2.45. The van der Waals surface area contributed by atoms with Gasteiger partial charge in [-0.1, -0.05) is 36.4 Å². The lowest BCUT2D eigenvalue weighted by molar-refractivity contribution is -0.132. The third-order valence-electron chi connectivity index (χ3n) is 6.43. The van der Waals surface area contributed by atoms with Gasteiger partial charge in [0.05, 0.1) is 0 Å². The van der Waals surface area contributed by atoms with E-state index in [2.05, 4.69) is 10.3 Å². The van der Waals surface area contributed by atoms with Gasteiger partial charge in [0.15, 0.2) is 0 Å². The van der Waals surface area contributed by atoms with E-state index in [0.717, 1.165) is 22.0 Å². The summed E-state index contributed by atoms with van der Waals surface area (Å²) in [4.78, 5) is 33.0. The number of fused-ring (bicyclic) bond motifs is 1. The van der Waals surface area contributed by atoms with Crippen molar-refractivity contribution in [2.24, 2.45) is 0 Å². The van der Waals surface area contributed by atoms with Crippen LogP contribution in [0.25, 0.3) is 10.9 Å². The number of H-pyrrole nitrogens is 1. The van der Waals surface area contributed by atoms with E-state index in [1.54, 1.807) is 30.2 Å². The normalized spacial score (nSPS) is 10.9. The molecule has 0 aliphatic carbocycles. The Balaban J connectivity index is 1.51. The molecule has 4 rings (SSSR count). The van der Waals surface area contributed by atoms with E-state index < -0.39 is 11.8 Å². The van der Waals surface area contributed by atoms with Crippen LogP contribution in [0.4, 0.5) is 19.3 Å². The summed E-state index contributed by atoms with van der Waals surface area (Å²) >= 11 is 0. The van der Waals surface area contributed by atoms with Gasteiger partial charge in [0.25, 0.3) is 0 Å². The Morgan fingerprint density at radius 3 is 2.49 bits per heavy atom. The largest absolute Gasteiger partial charge is 0.385 e. The Hall–Kier alpha value is -4.24. The van der Waals surface area contributed by atoms with E-state index >= 15 is 0 Å². The average molecular weight is 535 g/mol. The van der Waals surface area contributed by atoms with Crippen molar-refractivity contribution in [3.63, 3.8) is 0 Å². The zero-order valence-corrected chi connectivity index (χ0v) is 21.8. The monoisotopic (exact) mass is 534 g/mol. The first kappa shape index (κ1) is 27.8. The second kappa shape index (κ2) is 13.5. The highest BCUT2D eigenvalue weighted by atomic mass is 19.1. The number of amides is 3. The minimum Gasteiger partial charge on any atom is -0.385 e. The van der Waals surface area contributed by atoms with Crippen molar-refractivity contribution in [1.82, 2.24) is 14.8 Å². The average Bonchev–Trinajstić information content (AvgIpc) is 3.34. The molecule has 0 aliphatic rings. The summed E-state index contributed by atoms with van der Waals surface area (Å²) in [6, 6.07) is 19.0. The fourth-order valence-electron chi connectivity index (χ4n) is 4.38. The number of carbonyl (C=O) groups is 2. The molecular weight excluding hydrogens is 502 g/mol.